The first-order valence-corrected chi connectivity index (χ1v) is 9.39. The molecule has 168 valence electrons. The lowest BCUT2D eigenvalue weighted by molar-refractivity contribution is -0.286. The predicted molar refractivity (Wildman–Crippen MR) is 109 cm³/mol. The van der Waals surface area contributed by atoms with E-state index in [9.17, 15) is 18.8 Å². The molecule has 13 heteroatoms. The summed E-state index contributed by atoms with van der Waals surface area (Å²) in [6, 6.07) is 11.7. The number of fused-ring (bicyclic) bond motifs is 2. The molecule has 5 rings (SSSR count). The lowest BCUT2D eigenvalue weighted by Crippen LogP contribution is -2.25. The summed E-state index contributed by atoms with van der Waals surface area (Å²) in [5.41, 5.74) is 3.80. The van der Waals surface area contributed by atoms with Gasteiger partial charge in [-0.15, -0.1) is 8.78 Å². The summed E-state index contributed by atoms with van der Waals surface area (Å²) in [5, 5.41) is 13.0. The van der Waals surface area contributed by atoms with Crippen molar-refractivity contribution in [2.75, 3.05) is 10.7 Å². The summed E-state index contributed by atoms with van der Waals surface area (Å²) < 4.78 is 40.2. The van der Waals surface area contributed by atoms with Gasteiger partial charge in [0.2, 0.25) is 5.95 Å². The third kappa shape index (κ3) is 4.38. The highest BCUT2D eigenvalue weighted by Crippen LogP contribution is 2.42. The van der Waals surface area contributed by atoms with Crippen LogP contribution in [-0.2, 0) is 0 Å². The quantitative estimate of drug-likeness (QED) is 0.319. The van der Waals surface area contributed by atoms with Crippen molar-refractivity contribution in [1.29, 1.82) is 0 Å². The molecule has 0 saturated carbocycles. The lowest BCUT2D eigenvalue weighted by atomic mass is 10.2. The van der Waals surface area contributed by atoms with Crippen LogP contribution in [0.5, 0.6) is 11.5 Å². The van der Waals surface area contributed by atoms with Gasteiger partial charge in [-0.05, 0) is 11.6 Å². The monoisotopic (exact) mass is 456 g/mol. The van der Waals surface area contributed by atoms with Crippen molar-refractivity contribution in [3.8, 4) is 11.5 Å². The van der Waals surface area contributed by atoms with Gasteiger partial charge in [0.25, 0.3) is 5.91 Å². The minimum Gasteiger partial charge on any atom is -0.430 e. The Morgan fingerprint density at radius 1 is 1.15 bits per heavy atom. The van der Waals surface area contributed by atoms with Crippen LogP contribution in [0.2, 0.25) is 0 Å². The number of aromatic nitrogens is 3. The van der Waals surface area contributed by atoms with Gasteiger partial charge in [0.1, 0.15) is 6.26 Å². The van der Waals surface area contributed by atoms with Crippen LogP contribution in [0.1, 0.15) is 16.1 Å². The number of hydrazine groups is 1. The minimum absolute atomic E-state index is 0.0394. The predicted octanol–water partition coefficient (Wildman–Crippen LogP) is 3.81. The van der Waals surface area contributed by atoms with Gasteiger partial charge >= 0.3 is 12.3 Å². The largest absolute Gasteiger partial charge is 0.586 e. The number of carbonyl (C=O) groups excluding carboxylic acids is 1. The van der Waals surface area contributed by atoms with Gasteiger partial charge in [-0.25, -0.2) is 10.4 Å². The van der Waals surface area contributed by atoms with Crippen molar-refractivity contribution in [3.05, 3.63) is 66.2 Å². The zero-order chi connectivity index (χ0) is 23.0. The van der Waals surface area contributed by atoms with E-state index in [4.69, 9.17) is 4.42 Å². The molecular weight excluding hydrogens is 442 g/mol. The van der Waals surface area contributed by atoms with E-state index in [1.54, 1.807) is 6.08 Å². The molecular formula is C20H14F2N6O5. The Kier molecular flexibility index (Phi) is 4.79. The van der Waals surface area contributed by atoms with E-state index in [-0.39, 0.29) is 34.7 Å². The Balaban J connectivity index is 1.23. The number of imidazole rings is 1. The fourth-order valence-corrected chi connectivity index (χ4v) is 2.97. The summed E-state index contributed by atoms with van der Waals surface area (Å²) in [6.07, 6.45) is 0.304. The number of carbonyl (C=O) groups is 1. The fraction of sp³-hybridized carbons (Fsp3) is 0.0500. The molecule has 11 nitrogen and oxygen atoms in total. The molecule has 2 aromatic heterocycles. The zero-order valence-corrected chi connectivity index (χ0v) is 16.5. The second kappa shape index (κ2) is 7.80. The lowest BCUT2D eigenvalue weighted by Gasteiger charge is -2.10. The second-order valence-corrected chi connectivity index (χ2v) is 6.74. The molecule has 0 bridgehead atoms. The molecule has 1 aliphatic heterocycles. The Bertz CT molecular complexity index is 1310. The average molecular weight is 456 g/mol. The standard InChI is InChI=1S/C20H14F2N6O5/c21-20(22)32-15-8-12-13(9-16(15)33-20)24-18(23-12)26-17(29)14-10-31-19(25-14)27-28(30)7-6-11-4-2-1-3-5-11/h1-10,30H,(H,25,27)(H2,23,24,26,29)/b7-6+. The van der Waals surface area contributed by atoms with Gasteiger partial charge < -0.3 is 18.9 Å². The first kappa shape index (κ1) is 20.3. The van der Waals surface area contributed by atoms with E-state index < -0.39 is 12.2 Å². The molecule has 3 heterocycles. The summed E-state index contributed by atoms with van der Waals surface area (Å²) in [6.45, 7) is 0. The number of rotatable bonds is 6. The summed E-state index contributed by atoms with van der Waals surface area (Å²) in [7, 11) is 0. The molecule has 4 N–H and O–H groups in total. The van der Waals surface area contributed by atoms with Crippen molar-refractivity contribution in [3.63, 3.8) is 0 Å². The number of halogens is 2. The Morgan fingerprint density at radius 3 is 2.70 bits per heavy atom. The second-order valence-electron chi connectivity index (χ2n) is 6.74. The number of anilines is 2. The number of benzene rings is 2. The number of H-pyrrole nitrogens is 1. The maximum absolute atomic E-state index is 13.2. The highest BCUT2D eigenvalue weighted by molar-refractivity contribution is 6.02. The Morgan fingerprint density at radius 2 is 1.91 bits per heavy atom. The number of nitrogens with zero attached hydrogens (tertiary/aromatic N) is 3. The SMILES string of the molecule is O=C(Nc1nc2cc3c(cc2[nH]1)OC(F)(F)O3)c1coc(NN(O)/C=C/c2ccccc2)n1. The maximum atomic E-state index is 13.2. The van der Waals surface area contributed by atoms with Crippen LogP contribution in [0, 0.1) is 0 Å². The summed E-state index contributed by atoms with van der Waals surface area (Å²) in [5.74, 6) is -0.950. The summed E-state index contributed by atoms with van der Waals surface area (Å²) in [4.78, 5) is 23.2. The zero-order valence-electron chi connectivity index (χ0n) is 16.5. The minimum atomic E-state index is -3.74. The molecule has 0 aliphatic carbocycles. The molecule has 33 heavy (non-hydrogen) atoms. The van der Waals surface area contributed by atoms with Gasteiger partial charge in [-0.1, -0.05) is 30.3 Å². The molecule has 1 aliphatic rings. The number of aromatic amines is 1. The van der Waals surface area contributed by atoms with E-state index in [1.165, 1.54) is 18.3 Å². The molecule has 0 radical (unpaired) electrons. The molecule has 0 unspecified atom stereocenters. The number of hydrogen-bond donors (Lipinski definition) is 4. The average Bonchev–Trinajstić information content (AvgIpc) is 3.46. The van der Waals surface area contributed by atoms with Crippen LogP contribution in [-0.4, -0.2) is 37.5 Å². The first-order valence-electron chi connectivity index (χ1n) is 9.39. The van der Waals surface area contributed by atoms with Crippen LogP contribution >= 0.6 is 0 Å². The number of ether oxygens (including phenoxy) is 2. The molecule has 1 amide bonds. The molecule has 4 aromatic rings. The maximum Gasteiger partial charge on any atom is 0.586 e. The van der Waals surface area contributed by atoms with Crippen LogP contribution in [0.25, 0.3) is 17.1 Å². The molecule has 0 atom stereocenters. The van der Waals surface area contributed by atoms with E-state index in [2.05, 4.69) is 35.2 Å². The van der Waals surface area contributed by atoms with E-state index in [1.807, 2.05) is 30.3 Å². The van der Waals surface area contributed by atoms with Crippen molar-refractivity contribution >= 4 is 35.0 Å². The number of amides is 1. The van der Waals surface area contributed by atoms with E-state index in [0.717, 1.165) is 11.8 Å². The fourth-order valence-electron chi connectivity index (χ4n) is 2.97. The molecule has 2 aromatic carbocycles. The number of hydrogen-bond acceptors (Lipinski definition) is 9. The van der Waals surface area contributed by atoms with Crippen molar-refractivity contribution in [2.24, 2.45) is 0 Å². The normalized spacial score (nSPS) is 14.0. The van der Waals surface area contributed by atoms with Gasteiger partial charge in [-0.2, -0.15) is 10.2 Å². The third-order valence-corrected chi connectivity index (χ3v) is 4.39. The van der Waals surface area contributed by atoms with Gasteiger partial charge in [0, 0.05) is 12.1 Å². The van der Waals surface area contributed by atoms with Gasteiger partial charge in [-0.3, -0.25) is 15.3 Å². The van der Waals surface area contributed by atoms with Gasteiger partial charge in [0.05, 0.1) is 17.2 Å². The van der Waals surface area contributed by atoms with Crippen LogP contribution in [0.15, 0.2) is 59.3 Å². The first-order chi connectivity index (χ1) is 15.8. The number of hydroxylamine groups is 1. The summed E-state index contributed by atoms with van der Waals surface area (Å²) >= 11 is 0. The third-order valence-electron chi connectivity index (χ3n) is 4.39. The molecule has 0 saturated heterocycles. The number of nitrogens with one attached hydrogen (secondary N) is 3. The van der Waals surface area contributed by atoms with E-state index in [0.29, 0.717) is 10.7 Å². The van der Waals surface area contributed by atoms with E-state index >= 15 is 0 Å². The van der Waals surface area contributed by atoms with Crippen molar-refractivity contribution in [2.45, 2.75) is 6.29 Å². The van der Waals surface area contributed by atoms with Crippen LogP contribution in [0.4, 0.5) is 20.7 Å². The number of oxazole rings is 1. The Hall–Kier alpha value is -4.65. The Labute approximate surface area is 183 Å². The van der Waals surface area contributed by atoms with Crippen molar-refractivity contribution < 1.29 is 32.7 Å². The van der Waals surface area contributed by atoms with Crippen LogP contribution < -0.4 is 20.2 Å². The number of alkyl halides is 2. The highest BCUT2D eigenvalue weighted by atomic mass is 19.3. The molecule has 0 spiro atoms. The topological polar surface area (TPSA) is 138 Å². The van der Waals surface area contributed by atoms with Crippen LogP contribution in [0.3, 0.4) is 0 Å². The smallest absolute Gasteiger partial charge is 0.430 e. The molecule has 0 fully saturated rings. The highest BCUT2D eigenvalue weighted by Gasteiger charge is 2.43. The van der Waals surface area contributed by atoms with Gasteiger partial charge in [0.15, 0.2) is 17.2 Å². The van der Waals surface area contributed by atoms with Crippen molar-refractivity contribution in [1.82, 2.24) is 20.1 Å².